The second kappa shape index (κ2) is 8.38. The molecular weight excluding hydrogens is 398 g/mol. The fraction of sp³-hybridized carbons (Fsp3) is 0.231. The lowest BCUT2D eigenvalue weighted by molar-refractivity contribution is 0.180. The monoisotopic (exact) mass is 425 g/mol. The number of nitrogens with zero attached hydrogens (tertiary/aromatic N) is 4. The van der Waals surface area contributed by atoms with E-state index in [4.69, 9.17) is 5.10 Å². The number of rotatable bonds is 4. The minimum absolute atomic E-state index is 0.0619. The standard InChI is InChI=1S/C26H27N5O/c1-3-16-27-26(32)30-18-22-19(2)28-31(21-13-8-5-9-14-21)25(22)29-17-10-15-23(29)24(30)20-11-6-4-7-12-20/h4-15,17,24H,3,16,18H2,1-2H3,(H,27,32). The van der Waals surface area contributed by atoms with Gasteiger partial charge in [0, 0.05) is 18.3 Å². The van der Waals surface area contributed by atoms with Gasteiger partial charge in [-0.25, -0.2) is 9.48 Å². The van der Waals surface area contributed by atoms with Crippen molar-refractivity contribution in [1.82, 2.24) is 24.6 Å². The fourth-order valence-electron chi connectivity index (χ4n) is 4.47. The van der Waals surface area contributed by atoms with Gasteiger partial charge in [-0.3, -0.25) is 0 Å². The average Bonchev–Trinajstić information content (AvgIpc) is 3.39. The van der Waals surface area contributed by atoms with E-state index in [0.29, 0.717) is 13.1 Å². The minimum Gasteiger partial charge on any atom is -0.338 e. The molecule has 1 aliphatic rings. The van der Waals surface area contributed by atoms with Crippen molar-refractivity contribution >= 4 is 6.03 Å². The third kappa shape index (κ3) is 3.38. The maximum Gasteiger partial charge on any atom is 0.318 e. The summed E-state index contributed by atoms with van der Waals surface area (Å²) in [5, 5.41) is 7.97. The van der Waals surface area contributed by atoms with Crippen molar-refractivity contribution < 1.29 is 4.79 Å². The second-order valence-electron chi connectivity index (χ2n) is 8.11. The van der Waals surface area contributed by atoms with Crippen LogP contribution >= 0.6 is 0 Å². The Morgan fingerprint density at radius 1 is 1.03 bits per heavy atom. The molecule has 1 N–H and O–H groups in total. The molecule has 4 aromatic rings. The Bertz CT molecular complexity index is 1230. The number of amides is 2. The van der Waals surface area contributed by atoms with Crippen LogP contribution in [-0.2, 0) is 6.54 Å². The summed E-state index contributed by atoms with van der Waals surface area (Å²) in [5.41, 5.74) is 5.10. The van der Waals surface area contributed by atoms with Crippen molar-refractivity contribution in [2.75, 3.05) is 6.54 Å². The number of aromatic nitrogens is 3. The van der Waals surface area contributed by atoms with Gasteiger partial charge in [0.05, 0.1) is 29.7 Å². The maximum absolute atomic E-state index is 13.4. The van der Waals surface area contributed by atoms with Crippen molar-refractivity contribution in [1.29, 1.82) is 0 Å². The van der Waals surface area contributed by atoms with Gasteiger partial charge in [0.25, 0.3) is 0 Å². The molecule has 3 heterocycles. The second-order valence-corrected chi connectivity index (χ2v) is 8.11. The average molecular weight is 426 g/mol. The van der Waals surface area contributed by atoms with Crippen LogP contribution in [0.3, 0.4) is 0 Å². The zero-order valence-electron chi connectivity index (χ0n) is 18.4. The summed E-state index contributed by atoms with van der Waals surface area (Å²) >= 11 is 0. The highest BCUT2D eigenvalue weighted by atomic mass is 16.2. The van der Waals surface area contributed by atoms with Crippen LogP contribution in [-0.4, -0.2) is 31.8 Å². The predicted octanol–water partition coefficient (Wildman–Crippen LogP) is 5.00. The van der Waals surface area contributed by atoms with Crippen LogP contribution < -0.4 is 5.32 Å². The summed E-state index contributed by atoms with van der Waals surface area (Å²) < 4.78 is 4.18. The molecule has 0 spiro atoms. The van der Waals surface area contributed by atoms with Crippen LogP contribution in [0.5, 0.6) is 0 Å². The molecule has 0 saturated heterocycles. The lowest BCUT2D eigenvalue weighted by atomic mass is 10.0. The first-order chi connectivity index (χ1) is 15.7. The first-order valence-electron chi connectivity index (χ1n) is 11.1. The van der Waals surface area contributed by atoms with Crippen molar-refractivity contribution in [2.45, 2.75) is 32.9 Å². The van der Waals surface area contributed by atoms with Gasteiger partial charge in [-0.15, -0.1) is 0 Å². The Morgan fingerprint density at radius 3 is 2.47 bits per heavy atom. The molecule has 6 nitrogen and oxygen atoms in total. The summed E-state index contributed by atoms with van der Waals surface area (Å²) in [6, 6.07) is 24.3. The highest BCUT2D eigenvalue weighted by Crippen LogP contribution is 2.38. The molecule has 6 heteroatoms. The Hall–Kier alpha value is -3.80. The summed E-state index contributed by atoms with van der Waals surface area (Å²) in [5.74, 6) is 0.987. The molecule has 0 radical (unpaired) electrons. The normalized spacial score (nSPS) is 15.1. The first kappa shape index (κ1) is 20.1. The van der Waals surface area contributed by atoms with Crippen LogP contribution in [0.4, 0.5) is 4.79 Å². The molecule has 2 aromatic carbocycles. The van der Waals surface area contributed by atoms with Crippen molar-refractivity contribution in [3.8, 4) is 11.5 Å². The van der Waals surface area contributed by atoms with Gasteiger partial charge in [-0.05, 0) is 43.2 Å². The smallest absolute Gasteiger partial charge is 0.318 e. The number of benzene rings is 2. The molecule has 0 aliphatic carbocycles. The number of carbonyl (C=O) groups excluding carboxylic acids is 1. The Kier molecular flexibility index (Phi) is 5.27. The number of carbonyl (C=O) groups is 1. The van der Waals surface area contributed by atoms with E-state index in [1.807, 2.05) is 59.0 Å². The molecule has 1 aliphatic heterocycles. The molecule has 2 amide bonds. The number of urea groups is 1. The summed E-state index contributed by atoms with van der Waals surface area (Å²) in [6.07, 6.45) is 2.96. The zero-order chi connectivity index (χ0) is 22.1. The van der Waals surface area contributed by atoms with Gasteiger partial charge in [-0.1, -0.05) is 55.5 Å². The Labute approximate surface area is 188 Å². The SMILES string of the molecule is CCCNC(=O)N1Cc2c(C)nn(-c3ccccc3)c2-n2cccc2C1c1ccccc1. The molecule has 32 heavy (non-hydrogen) atoms. The minimum atomic E-state index is -0.209. The van der Waals surface area contributed by atoms with E-state index >= 15 is 0 Å². The molecular formula is C26H27N5O. The molecule has 0 bridgehead atoms. The van der Waals surface area contributed by atoms with E-state index in [1.165, 1.54) is 0 Å². The number of hydrogen-bond acceptors (Lipinski definition) is 2. The molecule has 2 aromatic heterocycles. The van der Waals surface area contributed by atoms with Gasteiger partial charge < -0.3 is 14.8 Å². The summed E-state index contributed by atoms with van der Waals surface area (Å²) in [4.78, 5) is 15.3. The third-order valence-corrected chi connectivity index (χ3v) is 5.99. The summed E-state index contributed by atoms with van der Waals surface area (Å²) in [7, 11) is 0. The fourth-order valence-corrected chi connectivity index (χ4v) is 4.47. The largest absolute Gasteiger partial charge is 0.338 e. The quantitative estimate of drug-likeness (QED) is 0.500. The molecule has 162 valence electrons. The Morgan fingerprint density at radius 2 is 1.75 bits per heavy atom. The van der Waals surface area contributed by atoms with Crippen LogP contribution in [0.2, 0.25) is 0 Å². The number of hydrogen-bond donors (Lipinski definition) is 1. The molecule has 5 rings (SSSR count). The van der Waals surface area contributed by atoms with Crippen LogP contribution in [0.15, 0.2) is 79.0 Å². The number of fused-ring (bicyclic) bond motifs is 3. The van der Waals surface area contributed by atoms with E-state index < -0.39 is 0 Å². The van der Waals surface area contributed by atoms with E-state index in [-0.39, 0.29) is 12.1 Å². The highest BCUT2D eigenvalue weighted by molar-refractivity contribution is 5.76. The Balaban J connectivity index is 1.73. The van der Waals surface area contributed by atoms with Crippen LogP contribution in [0.25, 0.3) is 11.5 Å². The number of aryl methyl sites for hydroxylation is 1. The zero-order valence-corrected chi connectivity index (χ0v) is 18.4. The third-order valence-electron chi connectivity index (χ3n) is 5.99. The van der Waals surface area contributed by atoms with Gasteiger partial charge >= 0.3 is 6.03 Å². The molecule has 0 fully saturated rings. The van der Waals surface area contributed by atoms with E-state index in [1.54, 1.807) is 0 Å². The van der Waals surface area contributed by atoms with E-state index in [9.17, 15) is 4.79 Å². The van der Waals surface area contributed by atoms with Crippen molar-refractivity contribution in [3.63, 3.8) is 0 Å². The number of para-hydroxylation sites is 1. The number of nitrogens with one attached hydrogen (secondary N) is 1. The topological polar surface area (TPSA) is 55.1 Å². The highest BCUT2D eigenvalue weighted by Gasteiger charge is 2.35. The molecule has 1 atom stereocenters. The maximum atomic E-state index is 13.4. The molecule has 0 saturated carbocycles. The van der Waals surface area contributed by atoms with E-state index in [2.05, 4.69) is 53.3 Å². The van der Waals surface area contributed by atoms with Gasteiger partial charge in [0.1, 0.15) is 5.82 Å². The van der Waals surface area contributed by atoms with Gasteiger partial charge in [0.2, 0.25) is 0 Å². The summed E-state index contributed by atoms with van der Waals surface area (Å²) in [6.45, 7) is 5.21. The molecule has 1 unspecified atom stereocenters. The van der Waals surface area contributed by atoms with Crippen molar-refractivity contribution in [3.05, 3.63) is 102 Å². The van der Waals surface area contributed by atoms with Gasteiger partial charge in [0.15, 0.2) is 0 Å². The van der Waals surface area contributed by atoms with E-state index in [0.717, 1.165) is 40.4 Å². The predicted molar refractivity (Wildman–Crippen MR) is 125 cm³/mol. The van der Waals surface area contributed by atoms with Crippen LogP contribution in [0, 0.1) is 6.92 Å². The van der Waals surface area contributed by atoms with Crippen molar-refractivity contribution in [2.24, 2.45) is 0 Å². The van der Waals surface area contributed by atoms with Crippen LogP contribution in [0.1, 0.15) is 41.9 Å². The van der Waals surface area contributed by atoms with Gasteiger partial charge in [-0.2, -0.15) is 5.10 Å². The first-order valence-corrected chi connectivity index (χ1v) is 11.1. The lowest BCUT2D eigenvalue weighted by Crippen LogP contribution is -2.42. The lowest BCUT2D eigenvalue weighted by Gasteiger charge is -2.31.